The van der Waals surface area contributed by atoms with E-state index in [2.05, 4.69) is 56.9 Å². The third-order valence-corrected chi connectivity index (χ3v) is 7.96. The number of piperazine rings is 2. The van der Waals surface area contributed by atoms with E-state index in [-0.39, 0.29) is 29.8 Å². The molecular weight excluding hydrogens is 404 g/mol. The normalized spacial score (nSPS) is 31.4. The van der Waals surface area contributed by atoms with Gasteiger partial charge in [-0.3, -0.25) is 15.0 Å². The van der Waals surface area contributed by atoms with Crippen molar-refractivity contribution in [3.63, 3.8) is 0 Å². The lowest BCUT2D eigenvalue weighted by Crippen LogP contribution is -2.67. The molecule has 0 bridgehead atoms. The van der Waals surface area contributed by atoms with Gasteiger partial charge in [0, 0.05) is 70.0 Å². The Kier molecular flexibility index (Phi) is 6.09. The van der Waals surface area contributed by atoms with Crippen LogP contribution in [0.1, 0.15) is 31.2 Å². The molecule has 3 aliphatic heterocycles. The average Bonchev–Trinajstić information content (AvgIpc) is 3.32. The van der Waals surface area contributed by atoms with E-state index in [0.29, 0.717) is 12.6 Å². The minimum Gasteiger partial charge on any atom is -0.369 e. The maximum Gasteiger partial charge on any atom is 0.241 e. The van der Waals surface area contributed by atoms with Crippen LogP contribution in [-0.2, 0) is 16.1 Å². The zero-order valence-electron chi connectivity index (χ0n) is 19.3. The zero-order valence-corrected chi connectivity index (χ0v) is 19.3. The van der Waals surface area contributed by atoms with Crippen LogP contribution in [0.15, 0.2) is 24.3 Å². The molecule has 4 fully saturated rings. The number of amides is 2. The SMILES string of the molecule is CN1CCN(c2ccc(CNC(=O)C3CCC4C(C3)N(C)C(=O)C3CCNN34)cc2)CC1. The smallest absolute Gasteiger partial charge is 0.241 e. The number of nitrogens with zero attached hydrogens (tertiary/aromatic N) is 4. The molecule has 8 heteroatoms. The lowest BCUT2D eigenvalue weighted by Gasteiger charge is -2.50. The van der Waals surface area contributed by atoms with Gasteiger partial charge in [-0.05, 0) is 50.4 Å². The average molecular weight is 441 g/mol. The number of carbonyl (C=O) groups excluding carboxylic acids is 2. The summed E-state index contributed by atoms with van der Waals surface area (Å²) in [5.74, 6) is 0.275. The molecule has 1 aromatic rings. The van der Waals surface area contributed by atoms with Gasteiger partial charge in [-0.1, -0.05) is 12.1 Å². The van der Waals surface area contributed by atoms with Crippen LogP contribution in [0.25, 0.3) is 0 Å². The number of hydrogen-bond donors (Lipinski definition) is 2. The Morgan fingerprint density at radius 1 is 1.03 bits per heavy atom. The second-order valence-electron chi connectivity index (χ2n) is 9.89. The lowest BCUT2D eigenvalue weighted by atomic mass is 9.79. The first-order valence-corrected chi connectivity index (χ1v) is 12.1. The summed E-state index contributed by atoms with van der Waals surface area (Å²) in [5, 5.41) is 5.33. The Bertz CT molecular complexity index is 837. The summed E-state index contributed by atoms with van der Waals surface area (Å²) in [6.07, 6.45) is 3.45. The van der Waals surface area contributed by atoms with Crippen molar-refractivity contribution in [2.45, 2.75) is 50.4 Å². The number of rotatable bonds is 4. The van der Waals surface area contributed by atoms with Crippen LogP contribution in [0.3, 0.4) is 0 Å². The Morgan fingerprint density at radius 2 is 1.78 bits per heavy atom. The summed E-state index contributed by atoms with van der Waals surface area (Å²) in [4.78, 5) is 32.4. The summed E-state index contributed by atoms with van der Waals surface area (Å²) < 4.78 is 0. The van der Waals surface area contributed by atoms with Gasteiger partial charge in [0.2, 0.25) is 11.8 Å². The first kappa shape index (κ1) is 21.7. The van der Waals surface area contributed by atoms with Crippen LogP contribution in [0.2, 0.25) is 0 Å². The molecule has 1 saturated carbocycles. The highest BCUT2D eigenvalue weighted by molar-refractivity contribution is 5.84. The molecule has 3 saturated heterocycles. The maximum atomic E-state index is 13.0. The van der Waals surface area contributed by atoms with Gasteiger partial charge in [0.05, 0.1) is 0 Å². The minimum atomic E-state index is -0.0322. The molecule has 0 radical (unpaired) electrons. The fourth-order valence-electron chi connectivity index (χ4n) is 5.90. The molecule has 3 heterocycles. The van der Waals surface area contributed by atoms with E-state index < -0.39 is 0 Å². The van der Waals surface area contributed by atoms with Crippen LogP contribution in [0.4, 0.5) is 5.69 Å². The van der Waals surface area contributed by atoms with Crippen LogP contribution < -0.4 is 15.6 Å². The van der Waals surface area contributed by atoms with Crippen LogP contribution in [0, 0.1) is 5.92 Å². The van der Waals surface area contributed by atoms with Crippen molar-refractivity contribution in [3.8, 4) is 0 Å². The molecule has 8 nitrogen and oxygen atoms in total. The molecule has 1 aliphatic carbocycles. The number of likely N-dealkylation sites (N-methyl/N-ethyl adjacent to an activating group) is 2. The monoisotopic (exact) mass is 440 g/mol. The van der Waals surface area contributed by atoms with Gasteiger partial charge in [0.1, 0.15) is 6.04 Å². The molecule has 32 heavy (non-hydrogen) atoms. The van der Waals surface area contributed by atoms with Crippen LogP contribution in [-0.4, -0.2) is 91.6 Å². The molecule has 4 unspecified atom stereocenters. The topological polar surface area (TPSA) is 71.2 Å². The van der Waals surface area contributed by atoms with Crippen molar-refractivity contribution >= 4 is 17.5 Å². The summed E-state index contributed by atoms with van der Waals surface area (Å²) in [6, 6.07) is 8.98. The predicted molar refractivity (Wildman–Crippen MR) is 124 cm³/mol. The van der Waals surface area contributed by atoms with Crippen molar-refractivity contribution in [2.24, 2.45) is 5.92 Å². The van der Waals surface area contributed by atoms with Gasteiger partial charge in [-0.25, -0.2) is 5.01 Å². The van der Waals surface area contributed by atoms with Crippen molar-refractivity contribution in [1.29, 1.82) is 0 Å². The molecule has 1 aromatic carbocycles. The van der Waals surface area contributed by atoms with Crippen molar-refractivity contribution in [3.05, 3.63) is 29.8 Å². The number of fused-ring (bicyclic) bond motifs is 3. The fraction of sp³-hybridized carbons (Fsp3) is 0.667. The highest BCUT2D eigenvalue weighted by Crippen LogP contribution is 2.36. The molecular formula is C24H36N6O2. The number of nitrogens with one attached hydrogen (secondary N) is 2. The Labute approximate surface area is 190 Å². The largest absolute Gasteiger partial charge is 0.369 e. The van der Waals surface area contributed by atoms with Gasteiger partial charge in [0.25, 0.3) is 0 Å². The van der Waals surface area contributed by atoms with E-state index in [1.54, 1.807) is 0 Å². The number of benzene rings is 1. The van der Waals surface area contributed by atoms with Crippen LogP contribution >= 0.6 is 0 Å². The number of hydrazine groups is 1. The van der Waals surface area contributed by atoms with E-state index in [0.717, 1.165) is 64.0 Å². The molecule has 2 N–H and O–H groups in total. The standard InChI is InChI=1S/C24H36N6O2/c1-27-11-13-29(14-12-27)19-6-3-17(4-7-19)16-25-23(31)18-5-8-20-22(15-18)28(2)24(32)21-9-10-26-30(20)21/h3-4,6-7,18,20-22,26H,5,8-16H2,1-2H3,(H,25,31). The Hall–Kier alpha value is -2.16. The third-order valence-electron chi connectivity index (χ3n) is 7.96. The molecule has 4 atom stereocenters. The van der Waals surface area contributed by atoms with E-state index >= 15 is 0 Å². The van der Waals surface area contributed by atoms with E-state index in [4.69, 9.17) is 0 Å². The molecule has 174 valence electrons. The van der Waals surface area contributed by atoms with E-state index in [1.165, 1.54) is 5.69 Å². The molecule has 0 spiro atoms. The molecule has 5 rings (SSSR count). The second-order valence-corrected chi connectivity index (χ2v) is 9.89. The Balaban J connectivity index is 1.14. The number of carbonyl (C=O) groups is 2. The second kappa shape index (κ2) is 9.00. The number of hydrogen-bond acceptors (Lipinski definition) is 6. The van der Waals surface area contributed by atoms with Gasteiger partial charge >= 0.3 is 0 Å². The van der Waals surface area contributed by atoms with Crippen LogP contribution in [0.5, 0.6) is 0 Å². The van der Waals surface area contributed by atoms with E-state index in [1.807, 2.05) is 11.9 Å². The molecule has 4 aliphatic rings. The van der Waals surface area contributed by atoms with E-state index in [9.17, 15) is 9.59 Å². The molecule has 0 aromatic heterocycles. The van der Waals surface area contributed by atoms with Gasteiger partial charge in [0.15, 0.2) is 0 Å². The third kappa shape index (κ3) is 4.11. The summed E-state index contributed by atoms with van der Waals surface area (Å²) in [7, 11) is 4.08. The maximum absolute atomic E-state index is 13.0. The van der Waals surface area contributed by atoms with Gasteiger partial charge in [-0.15, -0.1) is 0 Å². The predicted octanol–water partition coefficient (Wildman–Crippen LogP) is 0.643. The number of anilines is 1. The summed E-state index contributed by atoms with van der Waals surface area (Å²) >= 11 is 0. The summed E-state index contributed by atoms with van der Waals surface area (Å²) in [5.41, 5.74) is 5.79. The first-order chi connectivity index (χ1) is 15.5. The fourth-order valence-corrected chi connectivity index (χ4v) is 5.90. The highest BCUT2D eigenvalue weighted by Gasteiger charge is 2.50. The lowest BCUT2D eigenvalue weighted by molar-refractivity contribution is -0.153. The highest BCUT2D eigenvalue weighted by atomic mass is 16.2. The van der Waals surface area contributed by atoms with Crippen molar-refractivity contribution in [1.82, 2.24) is 25.6 Å². The van der Waals surface area contributed by atoms with Crippen molar-refractivity contribution < 1.29 is 9.59 Å². The van der Waals surface area contributed by atoms with Crippen molar-refractivity contribution in [2.75, 3.05) is 51.7 Å². The quantitative estimate of drug-likeness (QED) is 0.716. The molecule has 2 amide bonds. The van der Waals surface area contributed by atoms with Gasteiger partial charge in [-0.2, -0.15) is 0 Å². The minimum absolute atomic E-state index is 0.0274. The zero-order chi connectivity index (χ0) is 22.2. The van der Waals surface area contributed by atoms with Gasteiger partial charge < -0.3 is 20.0 Å². The Morgan fingerprint density at radius 3 is 2.53 bits per heavy atom. The summed E-state index contributed by atoms with van der Waals surface area (Å²) in [6.45, 7) is 5.72. The first-order valence-electron chi connectivity index (χ1n) is 12.1.